The van der Waals surface area contributed by atoms with Crippen molar-refractivity contribution in [2.24, 2.45) is 5.41 Å². The van der Waals surface area contributed by atoms with Crippen molar-refractivity contribution in [1.82, 2.24) is 19.9 Å². The first-order valence-corrected chi connectivity index (χ1v) is 8.29. The van der Waals surface area contributed by atoms with E-state index in [1.807, 2.05) is 51.2 Å². The fraction of sp³-hybridized carbons (Fsp3) is 0.316. The summed E-state index contributed by atoms with van der Waals surface area (Å²) in [5, 5.41) is 10.4. The summed E-state index contributed by atoms with van der Waals surface area (Å²) in [7, 11) is 1.52. The summed E-state index contributed by atoms with van der Waals surface area (Å²) in [6.45, 7) is 5.86. The van der Waals surface area contributed by atoms with Crippen LogP contribution in [0.3, 0.4) is 0 Å². The monoisotopic (exact) mass is 354 g/mol. The Morgan fingerprint density at radius 3 is 2.73 bits per heavy atom. The normalized spacial score (nSPS) is 12.8. The number of amides is 1. The van der Waals surface area contributed by atoms with Gasteiger partial charge >= 0.3 is 6.09 Å². The molecular formula is C19H22N4O3. The van der Waals surface area contributed by atoms with Crippen LogP contribution in [-0.2, 0) is 0 Å². The summed E-state index contributed by atoms with van der Waals surface area (Å²) in [5.41, 5.74) is 0.645. The van der Waals surface area contributed by atoms with Gasteiger partial charge in [-0.1, -0.05) is 20.8 Å². The molecule has 0 aliphatic heterocycles. The molecule has 0 bridgehead atoms. The van der Waals surface area contributed by atoms with Crippen molar-refractivity contribution >= 4 is 17.0 Å². The second kappa shape index (κ2) is 6.67. The van der Waals surface area contributed by atoms with Crippen molar-refractivity contribution < 1.29 is 14.6 Å². The zero-order valence-electron chi connectivity index (χ0n) is 15.2. The molecule has 136 valence electrons. The van der Waals surface area contributed by atoms with Crippen LogP contribution in [0.1, 0.15) is 32.6 Å². The van der Waals surface area contributed by atoms with Crippen LogP contribution in [0.5, 0.6) is 11.6 Å². The minimum Gasteiger partial charge on any atom is -0.465 e. The lowest BCUT2D eigenvalue weighted by atomic mass is 9.85. The summed E-state index contributed by atoms with van der Waals surface area (Å²) in [6.07, 6.45) is 2.42. The molecule has 0 aliphatic rings. The van der Waals surface area contributed by atoms with Gasteiger partial charge in [-0.2, -0.15) is 4.98 Å². The number of nitrogens with zero attached hydrogens (tertiary/aromatic N) is 3. The van der Waals surface area contributed by atoms with Crippen molar-refractivity contribution in [3.63, 3.8) is 0 Å². The molecule has 0 fully saturated rings. The Balaban J connectivity index is 1.92. The number of fused-ring (bicyclic) bond motifs is 1. The van der Waals surface area contributed by atoms with E-state index in [4.69, 9.17) is 4.74 Å². The Labute approximate surface area is 151 Å². The van der Waals surface area contributed by atoms with Crippen LogP contribution >= 0.6 is 0 Å². The average molecular weight is 354 g/mol. The molecule has 26 heavy (non-hydrogen) atoms. The Hall–Kier alpha value is -3.09. The van der Waals surface area contributed by atoms with Crippen LogP contribution in [-0.4, -0.2) is 38.1 Å². The van der Waals surface area contributed by atoms with E-state index in [1.54, 1.807) is 12.3 Å². The predicted molar refractivity (Wildman–Crippen MR) is 98.4 cm³/mol. The lowest BCUT2D eigenvalue weighted by Crippen LogP contribution is -2.38. The SMILES string of the molecule is CN(C(=O)O)C(c1nccc(Oc2ccc3[nH]ccc3c2)n1)C(C)(C)C. The zero-order chi connectivity index (χ0) is 18.9. The van der Waals surface area contributed by atoms with Gasteiger partial charge in [-0.25, -0.2) is 9.78 Å². The third-order valence-corrected chi connectivity index (χ3v) is 4.15. The minimum absolute atomic E-state index is 0.373. The van der Waals surface area contributed by atoms with Gasteiger partial charge in [0.15, 0.2) is 5.82 Å². The predicted octanol–water partition coefficient (Wildman–Crippen LogP) is 4.45. The molecule has 0 spiro atoms. The van der Waals surface area contributed by atoms with Gasteiger partial charge < -0.3 is 19.7 Å². The molecule has 0 aliphatic carbocycles. The smallest absolute Gasteiger partial charge is 0.407 e. The third kappa shape index (κ3) is 3.61. The first kappa shape index (κ1) is 17.7. The fourth-order valence-corrected chi connectivity index (χ4v) is 3.01. The Bertz CT molecular complexity index is 930. The first-order valence-electron chi connectivity index (χ1n) is 8.29. The van der Waals surface area contributed by atoms with Gasteiger partial charge in [0.25, 0.3) is 0 Å². The van der Waals surface area contributed by atoms with Gasteiger partial charge in [0.1, 0.15) is 5.75 Å². The average Bonchev–Trinajstić information content (AvgIpc) is 3.01. The summed E-state index contributed by atoms with van der Waals surface area (Å²) in [6, 6.07) is 8.82. The minimum atomic E-state index is -1.03. The highest BCUT2D eigenvalue weighted by Gasteiger charge is 2.35. The van der Waals surface area contributed by atoms with Crippen LogP contribution in [0.2, 0.25) is 0 Å². The highest BCUT2D eigenvalue weighted by atomic mass is 16.5. The maximum absolute atomic E-state index is 11.5. The third-order valence-electron chi connectivity index (χ3n) is 4.15. The topological polar surface area (TPSA) is 91.3 Å². The number of aromatic amines is 1. The second-order valence-corrected chi connectivity index (χ2v) is 7.24. The molecule has 2 N–H and O–H groups in total. The number of hydrogen-bond acceptors (Lipinski definition) is 4. The standard InChI is InChI=1S/C19H22N4O3/c1-19(2,3)16(23(4)18(24)25)17-21-10-8-15(22-17)26-13-5-6-14-12(11-13)7-9-20-14/h5-11,16,20H,1-4H3,(H,24,25). The highest BCUT2D eigenvalue weighted by Crippen LogP contribution is 2.36. The first-order chi connectivity index (χ1) is 12.3. The van der Waals surface area contributed by atoms with Crippen molar-refractivity contribution in [3.05, 3.63) is 48.5 Å². The van der Waals surface area contributed by atoms with Crippen molar-refractivity contribution in [3.8, 4) is 11.6 Å². The van der Waals surface area contributed by atoms with Gasteiger partial charge in [-0.3, -0.25) is 0 Å². The Kier molecular flexibility index (Phi) is 4.54. The van der Waals surface area contributed by atoms with E-state index in [1.165, 1.54) is 11.9 Å². The van der Waals surface area contributed by atoms with Crippen molar-refractivity contribution in [1.29, 1.82) is 0 Å². The summed E-state index contributed by atoms with van der Waals surface area (Å²) < 4.78 is 5.87. The zero-order valence-corrected chi connectivity index (χ0v) is 15.2. The van der Waals surface area contributed by atoms with Crippen LogP contribution in [0.25, 0.3) is 10.9 Å². The highest BCUT2D eigenvalue weighted by molar-refractivity contribution is 5.80. The number of carboxylic acid groups (broad SMARTS) is 1. The molecule has 0 radical (unpaired) electrons. The molecular weight excluding hydrogens is 332 g/mol. The maximum atomic E-state index is 11.5. The number of aromatic nitrogens is 3. The molecule has 3 aromatic rings. The van der Waals surface area contributed by atoms with E-state index in [2.05, 4.69) is 15.0 Å². The molecule has 1 atom stereocenters. The number of carbonyl (C=O) groups is 1. The molecule has 2 heterocycles. The van der Waals surface area contributed by atoms with E-state index in [0.29, 0.717) is 17.5 Å². The van der Waals surface area contributed by atoms with Gasteiger partial charge in [-0.05, 0) is 29.7 Å². The summed E-state index contributed by atoms with van der Waals surface area (Å²) >= 11 is 0. The largest absolute Gasteiger partial charge is 0.465 e. The lowest BCUT2D eigenvalue weighted by Gasteiger charge is -2.35. The van der Waals surface area contributed by atoms with E-state index in [-0.39, 0.29) is 5.41 Å². The molecule has 1 unspecified atom stereocenters. The van der Waals surface area contributed by atoms with Crippen LogP contribution in [0.15, 0.2) is 42.7 Å². The van der Waals surface area contributed by atoms with Gasteiger partial charge in [0, 0.05) is 36.4 Å². The van der Waals surface area contributed by atoms with Crippen molar-refractivity contribution in [2.45, 2.75) is 26.8 Å². The van der Waals surface area contributed by atoms with Crippen molar-refractivity contribution in [2.75, 3.05) is 7.05 Å². The number of nitrogens with one attached hydrogen (secondary N) is 1. The molecule has 1 aromatic carbocycles. The van der Waals surface area contributed by atoms with Gasteiger partial charge in [0.05, 0.1) is 6.04 Å². The summed E-state index contributed by atoms with van der Waals surface area (Å²) in [5.74, 6) is 1.43. The molecule has 2 aromatic heterocycles. The van der Waals surface area contributed by atoms with Crippen LogP contribution < -0.4 is 4.74 Å². The number of ether oxygens (including phenoxy) is 1. The maximum Gasteiger partial charge on any atom is 0.407 e. The quantitative estimate of drug-likeness (QED) is 0.722. The van der Waals surface area contributed by atoms with Gasteiger partial charge in [-0.15, -0.1) is 0 Å². The number of hydrogen-bond donors (Lipinski definition) is 2. The number of rotatable bonds is 4. The van der Waals surface area contributed by atoms with Crippen LogP contribution in [0.4, 0.5) is 4.79 Å². The summed E-state index contributed by atoms with van der Waals surface area (Å²) in [4.78, 5) is 24.6. The van der Waals surface area contributed by atoms with E-state index >= 15 is 0 Å². The van der Waals surface area contributed by atoms with Gasteiger partial charge in [0.2, 0.25) is 5.88 Å². The molecule has 7 heteroatoms. The van der Waals surface area contributed by atoms with E-state index in [0.717, 1.165) is 10.9 Å². The molecule has 3 rings (SSSR count). The fourth-order valence-electron chi connectivity index (χ4n) is 3.01. The van der Waals surface area contributed by atoms with E-state index < -0.39 is 12.1 Å². The van der Waals surface area contributed by atoms with Crippen LogP contribution in [0, 0.1) is 5.41 Å². The number of benzene rings is 1. The molecule has 0 saturated carbocycles. The molecule has 7 nitrogen and oxygen atoms in total. The molecule has 1 amide bonds. The Morgan fingerprint density at radius 1 is 1.27 bits per heavy atom. The van der Waals surface area contributed by atoms with E-state index in [9.17, 15) is 9.90 Å². The Morgan fingerprint density at radius 2 is 2.04 bits per heavy atom. The number of H-pyrrole nitrogens is 1. The molecule has 0 saturated heterocycles. The lowest BCUT2D eigenvalue weighted by molar-refractivity contribution is 0.0941. The second-order valence-electron chi connectivity index (χ2n) is 7.24.